The summed E-state index contributed by atoms with van der Waals surface area (Å²) in [6.07, 6.45) is 2.35. The predicted octanol–water partition coefficient (Wildman–Crippen LogP) is 1.05. The molecular formula is C12H23N3O2. The Labute approximate surface area is 103 Å². The van der Waals surface area contributed by atoms with Crippen molar-refractivity contribution in [2.45, 2.75) is 33.1 Å². The summed E-state index contributed by atoms with van der Waals surface area (Å²) >= 11 is 0. The minimum atomic E-state index is -0.00218. The molecule has 1 fully saturated rings. The van der Waals surface area contributed by atoms with Crippen LogP contribution in [0.3, 0.4) is 0 Å². The minimum absolute atomic E-state index is 0.00218. The van der Waals surface area contributed by atoms with E-state index in [-0.39, 0.29) is 11.9 Å². The van der Waals surface area contributed by atoms with E-state index in [0.29, 0.717) is 26.1 Å². The molecule has 5 nitrogen and oxygen atoms in total. The maximum atomic E-state index is 11.8. The fraction of sp³-hybridized carbons (Fsp3) is 0.833. The van der Waals surface area contributed by atoms with Crippen molar-refractivity contribution in [3.05, 3.63) is 0 Å². The molecule has 1 aliphatic heterocycles. The Hall–Kier alpha value is -1.26. The summed E-state index contributed by atoms with van der Waals surface area (Å²) in [6, 6.07) is -0.00218. The van der Waals surface area contributed by atoms with Crippen LogP contribution >= 0.6 is 0 Å². The van der Waals surface area contributed by atoms with Crippen LogP contribution in [0.5, 0.6) is 0 Å². The van der Waals surface area contributed by atoms with Crippen molar-refractivity contribution in [2.24, 2.45) is 0 Å². The van der Waals surface area contributed by atoms with Gasteiger partial charge in [-0.05, 0) is 12.8 Å². The number of nitrogens with one attached hydrogen (secondary N) is 1. The van der Waals surface area contributed by atoms with E-state index in [1.807, 2.05) is 18.7 Å². The lowest BCUT2D eigenvalue weighted by atomic mass is 10.3. The number of amides is 3. The molecule has 1 rings (SSSR count). The van der Waals surface area contributed by atoms with Crippen molar-refractivity contribution >= 4 is 11.9 Å². The molecule has 0 atom stereocenters. The minimum Gasteiger partial charge on any atom is -0.341 e. The quantitative estimate of drug-likeness (QED) is 0.803. The Morgan fingerprint density at radius 1 is 1.06 bits per heavy atom. The van der Waals surface area contributed by atoms with E-state index in [9.17, 15) is 9.59 Å². The molecule has 0 aromatic rings. The van der Waals surface area contributed by atoms with Crippen LogP contribution in [0.4, 0.5) is 4.79 Å². The molecule has 0 bridgehead atoms. The standard InChI is InChI=1S/C12H23N3O2/c1-3-6-13-12(17)15-8-5-7-14(9-10-15)11(16)4-2/h3-10H2,1-2H3,(H,13,17). The van der Waals surface area contributed by atoms with Crippen LogP contribution < -0.4 is 5.32 Å². The Kier molecular flexibility index (Phi) is 5.80. The lowest BCUT2D eigenvalue weighted by Crippen LogP contribution is -2.42. The van der Waals surface area contributed by atoms with E-state index in [0.717, 1.165) is 25.9 Å². The lowest BCUT2D eigenvalue weighted by molar-refractivity contribution is -0.130. The first-order valence-corrected chi connectivity index (χ1v) is 6.49. The number of hydrogen-bond acceptors (Lipinski definition) is 2. The van der Waals surface area contributed by atoms with Crippen LogP contribution in [-0.2, 0) is 4.79 Å². The maximum absolute atomic E-state index is 11.8. The Morgan fingerprint density at radius 2 is 1.71 bits per heavy atom. The van der Waals surface area contributed by atoms with Gasteiger partial charge in [0.1, 0.15) is 0 Å². The first kappa shape index (κ1) is 13.8. The van der Waals surface area contributed by atoms with Gasteiger partial charge in [-0.25, -0.2) is 4.79 Å². The SMILES string of the molecule is CCCNC(=O)N1CCCN(C(=O)CC)CC1. The van der Waals surface area contributed by atoms with Gasteiger partial charge in [-0.1, -0.05) is 13.8 Å². The van der Waals surface area contributed by atoms with E-state index < -0.39 is 0 Å². The van der Waals surface area contributed by atoms with Gasteiger partial charge in [0.15, 0.2) is 0 Å². The summed E-state index contributed by atoms with van der Waals surface area (Å²) in [6.45, 7) is 7.43. The van der Waals surface area contributed by atoms with E-state index in [1.54, 1.807) is 4.90 Å². The molecular weight excluding hydrogens is 218 g/mol. The smallest absolute Gasteiger partial charge is 0.317 e. The van der Waals surface area contributed by atoms with Gasteiger partial charge in [0.25, 0.3) is 0 Å². The summed E-state index contributed by atoms with van der Waals surface area (Å²) in [4.78, 5) is 27.0. The molecule has 1 N–H and O–H groups in total. The van der Waals surface area contributed by atoms with Crippen LogP contribution in [0.25, 0.3) is 0 Å². The van der Waals surface area contributed by atoms with E-state index in [1.165, 1.54) is 0 Å². The maximum Gasteiger partial charge on any atom is 0.317 e. The van der Waals surface area contributed by atoms with Crippen molar-refractivity contribution in [1.82, 2.24) is 15.1 Å². The second-order valence-corrected chi connectivity index (χ2v) is 4.31. The Balaban J connectivity index is 2.41. The van der Waals surface area contributed by atoms with Crippen molar-refractivity contribution in [3.8, 4) is 0 Å². The molecule has 0 aliphatic carbocycles. The third kappa shape index (κ3) is 4.24. The van der Waals surface area contributed by atoms with Crippen LogP contribution in [0.2, 0.25) is 0 Å². The van der Waals surface area contributed by atoms with Gasteiger partial charge in [-0.3, -0.25) is 4.79 Å². The molecule has 1 aliphatic rings. The lowest BCUT2D eigenvalue weighted by Gasteiger charge is -2.22. The van der Waals surface area contributed by atoms with E-state index in [4.69, 9.17) is 0 Å². The van der Waals surface area contributed by atoms with E-state index >= 15 is 0 Å². The molecule has 0 radical (unpaired) electrons. The number of nitrogens with zero attached hydrogens (tertiary/aromatic N) is 2. The van der Waals surface area contributed by atoms with E-state index in [2.05, 4.69) is 5.32 Å². The zero-order valence-electron chi connectivity index (χ0n) is 10.9. The van der Waals surface area contributed by atoms with Crippen molar-refractivity contribution in [2.75, 3.05) is 32.7 Å². The summed E-state index contributed by atoms with van der Waals surface area (Å²) in [5, 5.41) is 2.87. The fourth-order valence-corrected chi connectivity index (χ4v) is 1.94. The topological polar surface area (TPSA) is 52.7 Å². The van der Waals surface area contributed by atoms with Gasteiger partial charge in [0, 0.05) is 39.1 Å². The third-order valence-electron chi connectivity index (χ3n) is 2.96. The number of rotatable bonds is 3. The van der Waals surface area contributed by atoms with Crippen molar-refractivity contribution < 1.29 is 9.59 Å². The number of urea groups is 1. The monoisotopic (exact) mass is 241 g/mol. The average Bonchev–Trinajstić information content (AvgIpc) is 2.60. The second-order valence-electron chi connectivity index (χ2n) is 4.31. The Bertz CT molecular complexity index is 268. The molecule has 1 heterocycles. The molecule has 17 heavy (non-hydrogen) atoms. The van der Waals surface area contributed by atoms with Gasteiger partial charge in [0.05, 0.1) is 0 Å². The van der Waals surface area contributed by atoms with Crippen LogP contribution in [-0.4, -0.2) is 54.5 Å². The number of carbonyl (C=O) groups is 2. The highest BCUT2D eigenvalue weighted by Crippen LogP contribution is 2.05. The molecule has 0 unspecified atom stereocenters. The molecule has 98 valence electrons. The highest BCUT2D eigenvalue weighted by molar-refractivity contribution is 5.76. The second kappa shape index (κ2) is 7.14. The summed E-state index contributed by atoms with van der Waals surface area (Å²) in [7, 11) is 0. The highest BCUT2D eigenvalue weighted by Gasteiger charge is 2.20. The largest absolute Gasteiger partial charge is 0.341 e. The third-order valence-corrected chi connectivity index (χ3v) is 2.96. The zero-order chi connectivity index (χ0) is 12.7. The molecule has 0 aromatic heterocycles. The molecule has 5 heteroatoms. The molecule has 1 saturated heterocycles. The Morgan fingerprint density at radius 3 is 2.35 bits per heavy atom. The zero-order valence-corrected chi connectivity index (χ0v) is 10.9. The summed E-state index contributed by atoms with van der Waals surface area (Å²) in [5.41, 5.74) is 0. The normalized spacial score (nSPS) is 16.6. The van der Waals surface area contributed by atoms with Gasteiger partial charge in [0.2, 0.25) is 5.91 Å². The van der Waals surface area contributed by atoms with Crippen LogP contribution in [0.15, 0.2) is 0 Å². The van der Waals surface area contributed by atoms with Gasteiger partial charge in [-0.2, -0.15) is 0 Å². The first-order valence-electron chi connectivity index (χ1n) is 6.49. The van der Waals surface area contributed by atoms with Crippen LogP contribution in [0.1, 0.15) is 33.1 Å². The average molecular weight is 241 g/mol. The van der Waals surface area contributed by atoms with Gasteiger partial charge >= 0.3 is 6.03 Å². The molecule has 0 spiro atoms. The van der Waals surface area contributed by atoms with Gasteiger partial charge in [-0.15, -0.1) is 0 Å². The summed E-state index contributed by atoms with van der Waals surface area (Å²) in [5.74, 6) is 0.181. The predicted molar refractivity (Wildman–Crippen MR) is 66.8 cm³/mol. The molecule has 0 saturated carbocycles. The first-order chi connectivity index (χ1) is 8.19. The van der Waals surface area contributed by atoms with Crippen LogP contribution in [0, 0.1) is 0 Å². The summed E-state index contributed by atoms with van der Waals surface area (Å²) < 4.78 is 0. The number of hydrogen-bond donors (Lipinski definition) is 1. The highest BCUT2D eigenvalue weighted by atomic mass is 16.2. The van der Waals surface area contributed by atoms with Gasteiger partial charge < -0.3 is 15.1 Å². The molecule has 0 aromatic carbocycles. The fourth-order valence-electron chi connectivity index (χ4n) is 1.94. The van der Waals surface area contributed by atoms with Crippen molar-refractivity contribution in [1.29, 1.82) is 0 Å². The number of carbonyl (C=O) groups excluding carboxylic acids is 2. The molecule has 3 amide bonds. The van der Waals surface area contributed by atoms with Crippen molar-refractivity contribution in [3.63, 3.8) is 0 Å².